The van der Waals surface area contributed by atoms with Gasteiger partial charge in [-0.05, 0) is 19.1 Å². The molecule has 0 aliphatic rings. The first-order chi connectivity index (χ1) is 7.41. The number of hydrogen-bond donors (Lipinski definition) is 1. The lowest BCUT2D eigenvalue weighted by Crippen LogP contribution is -2.15. The van der Waals surface area contributed by atoms with Crippen LogP contribution in [0.15, 0.2) is 18.2 Å². The molecule has 1 rings (SSSR count). The Labute approximate surface area is 102 Å². The van der Waals surface area contributed by atoms with Crippen molar-refractivity contribution in [1.29, 1.82) is 0 Å². The first-order valence-corrected chi connectivity index (χ1v) is 5.13. The van der Waals surface area contributed by atoms with Gasteiger partial charge in [-0.25, -0.2) is 4.79 Å². The highest BCUT2D eigenvalue weighted by molar-refractivity contribution is 6.53. The Hall–Kier alpha value is -1.26. The molecule has 0 aromatic heterocycles. The summed E-state index contributed by atoms with van der Waals surface area (Å²) < 4.78 is 4.72. The lowest BCUT2D eigenvalue weighted by Gasteiger charge is -2.06. The maximum absolute atomic E-state index is 11.0. The fourth-order valence-corrected chi connectivity index (χ4v) is 1.12. The number of carbonyl (C=O) groups excluding carboxylic acids is 2. The fourth-order valence-electron chi connectivity index (χ4n) is 1.03. The van der Waals surface area contributed by atoms with Gasteiger partial charge in [0.1, 0.15) is 11.5 Å². The molecule has 16 heavy (non-hydrogen) atoms. The van der Waals surface area contributed by atoms with Crippen LogP contribution < -0.4 is 4.74 Å². The highest BCUT2D eigenvalue weighted by Crippen LogP contribution is 2.24. The predicted octanol–water partition coefficient (Wildman–Crippen LogP) is 2.30. The largest absolute Gasteiger partial charge is 0.507 e. The number of ether oxygens (including phenoxy) is 1. The van der Waals surface area contributed by atoms with Gasteiger partial charge in [-0.2, -0.15) is 0 Å². The first-order valence-electron chi connectivity index (χ1n) is 4.25. The number of phenolic OH excluding ortho intramolecular Hbond substituents is 1. The molecule has 0 unspecified atom stereocenters. The summed E-state index contributed by atoms with van der Waals surface area (Å²) in [7, 11) is 0. The molecular formula is C10H8Cl2O4. The molecule has 0 atom stereocenters. The third kappa shape index (κ3) is 3.12. The van der Waals surface area contributed by atoms with E-state index in [1.165, 1.54) is 19.1 Å². The summed E-state index contributed by atoms with van der Waals surface area (Å²) in [6.45, 7) is 1.31. The Kier molecular flexibility index (Phi) is 4.15. The Bertz CT molecular complexity index is 429. The number of esters is 1. The third-order valence-electron chi connectivity index (χ3n) is 1.75. The summed E-state index contributed by atoms with van der Waals surface area (Å²) in [5.41, 5.74) is 0.146. The molecule has 6 heteroatoms. The van der Waals surface area contributed by atoms with Crippen LogP contribution in [-0.4, -0.2) is 21.7 Å². The minimum absolute atomic E-state index is 0.0683. The van der Waals surface area contributed by atoms with Crippen molar-refractivity contribution in [2.45, 2.75) is 11.8 Å². The molecule has 1 N–H and O–H groups in total. The average Bonchev–Trinajstić information content (AvgIpc) is 2.16. The summed E-state index contributed by atoms with van der Waals surface area (Å²) in [5.74, 6) is -1.33. The van der Waals surface area contributed by atoms with E-state index in [-0.39, 0.29) is 22.8 Å². The summed E-state index contributed by atoms with van der Waals surface area (Å²) in [4.78, 5) is 20.7. The van der Waals surface area contributed by atoms with Crippen LogP contribution in [0.2, 0.25) is 0 Å². The molecule has 0 aliphatic heterocycles. The van der Waals surface area contributed by atoms with Gasteiger partial charge in [0, 0.05) is 6.07 Å². The van der Waals surface area contributed by atoms with Gasteiger partial charge in [0.2, 0.25) is 4.84 Å². The van der Waals surface area contributed by atoms with Crippen molar-refractivity contribution in [2.75, 3.05) is 0 Å². The van der Waals surface area contributed by atoms with Crippen LogP contribution in [0.4, 0.5) is 0 Å². The van der Waals surface area contributed by atoms with Gasteiger partial charge in [0.15, 0.2) is 5.78 Å². The van der Waals surface area contributed by atoms with E-state index in [1.807, 2.05) is 0 Å². The van der Waals surface area contributed by atoms with Crippen molar-refractivity contribution in [3.63, 3.8) is 0 Å². The molecule has 86 valence electrons. The topological polar surface area (TPSA) is 63.6 Å². The van der Waals surface area contributed by atoms with Gasteiger partial charge in [-0.1, -0.05) is 23.2 Å². The molecule has 0 radical (unpaired) electrons. The van der Waals surface area contributed by atoms with Crippen LogP contribution in [0.5, 0.6) is 11.5 Å². The van der Waals surface area contributed by atoms with Gasteiger partial charge >= 0.3 is 5.97 Å². The Balaban J connectivity index is 2.90. The van der Waals surface area contributed by atoms with Crippen LogP contribution in [-0.2, 0) is 4.79 Å². The van der Waals surface area contributed by atoms with E-state index in [4.69, 9.17) is 27.9 Å². The van der Waals surface area contributed by atoms with E-state index in [0.29, 0.717) is 0 Å². The molecule has 0 amide bonds. The van der Waals surface area contributed by atoms with Gasteiger partial charge in [-0.15, -0.1) is 0 Å². The van der Waals surface area contributed by atoms with Crippen LogP contribution in [0, 0.1) is 0 Å². The third-order valence-corrected chi connectivity index (χ3v) is 2.10. The lowest BCUT2D eigenvalue weighted by atomic mass is 10.1. The minimum atomic E-state index is -1.30. The monoisotopic (exact) mass is 262 g/mol. The molecule has 0 bridgehead atoms. The molecule has 4 nitrogen and oxygen atoms in total. The van der Waals surface area contributed by atoms with Crippen molar-refractivity contribution < 1.29 is 19.4 Å². The first kappa shape index (κ1) is 12.8. The Morgan fingerprint density at radius 1 is 1.38 bits per heavy atom. The number of aromatic hydroxyl groups is 1. The molecular weight excluding hydrogens is 255 g/mol. The molecule has 0 saturated carbocycles. The van der Waals surface area contributed by atoms with Gasteiger partial charge in [-0.3, -0.25) is 4.79 Å². The summed E-state index contributed by atoms with van der Waals surface area (Å²) in [6, 6.07) is 3.85. The van der Waals surface area contributed by atoms with E-state index < -0.39 is 10.8 Å². The second-order valence-electron chi connectivity index (χ2n) is 2.96. The quantitative estimate of drug-likeness (QED) is 0.393. The maximum atomic E-state index is 11.0. The van der Waals surface area contributed by atoms with E-state index >= 15 is 0 Å². The lowest BCUT2D eigenvalue weighted by molar-refractivity contribution is -0.132. The van der Waals surface area contributed by atoms with Gasteiger partial charge < -0.3 is 9.84 Å². The normalized spacial score (nSPS) is 10.2. The highest BCUT2D eigenvalue weighted by atomic mass is 35.5. The molecule has 0 saturated heterocycles. The van der Waals surface area contributed by atoms with Crippen molar-refractivity contribution in [3.8, 4) is 11.5 Å². The van der Waals surface area contributed by atoms with E-state index in [0.717, 1.165) is 6.07 Å². The molecule has 0 spiro atoms. The summed E-state index contributed by atoms with van der Waals surface area (Å²) in [5, 5.41) is 9.44. The average molecular weight is 263 g/mol. The Morgan fingerprint density at radius 2 is 2.00 bits per heavy atom. The van der Waals surface area contributed by atoms with E-state index in [2.05, 4.69) is 0 Å². The molecule has 1 aromatic rings. The molecule has 0 aliphatic carbocycles. The van der Waals surface area contributed by atoms with E-state index in [9.17, 15) is 14.7 Å². The second kappa shape index (κ2) is 5.18. The minimum Gasteiger partial charge on any atom is -0.507 e. The second-order valence-corrected chi connectivity index (χ2v) is 4.05. The molecule has 1 aromatic carbocycles. The SMILES string of the molecule is CC(=O)c1ccc(OC(=O)C(Cl)Cl)cc1O. The van der Waals surface area contributed by atoms with Crippen LogP contribution in [0.1, 0.15) is 17.3 Å². The van der Waals surface area contributed by atoms with E-state index in [1.54, 1.807) is 0 Å². The standard InChI is InChI=1S/C10H8Cl2O4/c1-5(13)7-3-2-6(4-8(7)14)16-10(15)9(11)12/h2-4,9,14H,1H3. The van der Waals surface area contributed by atoms with Gasteiger partial charge in [0.25, 0.3) is 0 Å². The number of hydrogen-bond acceptors (Lipinski definition) is 4. The maximum Gasteiger partial charge on any atom is 0.344 e. The number of ketones is 1. The zero-order valence-electron chi connectivity index (χ0n) is 8.24. The Morgan fingerprint density at radius 3 is 2.44 bits per heavy atom. The summed E-state index contributed by atoms with van der Waals surface area (Å²) >= 11 is 10.5. The predicted molar refractivity (Wildman–Crippen MR) is 59.2 cm³/mol. The number of phenols is 1. The van der Waals surface area contributed by atoms with Crippen LogP contribution >= 0.6 is 23.2 Å². The summed E-state index contributed by atoms with van der Waals surface area (Å²) in [6.07, 6.45) is 0. The number of benzene rings is 1. The zero-order chi connectivity index (χ0) is 12.3. The van der Waals surface area contributed by atoms with Gasteiger partial charge in [0.05, 0.1) is 5.56 Å². The number of carbonyl (C=O) groups is 2. The van der Waals surface area contributed by atoms with Crippen LogP contribution in [0.25, 0.3) is 0 Å². The molecule has 0 fully saturated rings. The van der Waals surface area contributed by atoms with Crippen molar-refractivity contribution in [2.24, 2.45) is 0 Å². The molecule has 0 heterocycles. The number of rotatable bonds is 3. The smallest absolute Gasteiger partial charge is 0.344 e. The number of alkyl halides is 2. The van der Waals surface area contributed by atoms with Crippen molar-refractivity contribution >= 4 is 35.0 Å². The highest BCUT2D eigenvalue weighted by Gasteiger charge is 2.15. The van der Waals surface area contributed by atoms with Crippen LogP contribution in [0.3, 0.4) is 0 Å². The fraction of sp³-hybridized carbons (Fsp3) is 0.200. The van der Waals surface area contributed by atoms with Crippen molar-refractivity contribution in [1.82, 2.24) is 0 Å². The zero-order valence-corrected chi connectivity index (χ0v) is 9.75. The van der Waals surface area contributed by atoms with Crippen molar-refractivity contribution in [3.05, 3.63) is 23.8 Å². The number of Topliss-reactive ketones (excluding diaryl/α,β-unsaturated/α-hetero) is 1. The number of halogens is 2.